The first-order valence-electron chi connectivity index (χ1n) is 5.82. The molecule has 0 saturated carbocycles. The predicted octanol–water partition coefficient (Wildman–Crippen LogP) is 3.67. The molecule has 0 atom stereocenters. The van der Waals surface area contributed by atoms with Gasteiger partial charge in [0.05, 0.1) is 9.35 Å². The van der Waals surface area contributed by atoms with E-state index in [9.17, 15) is 4.79 Å². The minimum Gasteiger partial charge on any atom is -0.398 e. The van der Waals surface area contributed by atoms with Crippen LogP contribution in [0.1, 0.15) is 21.5 Å². The number of hydrogen-bond donors (Lipinski definition) is 1. The van der Waals surface area contributed by atoms with Crippen molar-refractivity contribution in [1.82, 2.24) is 4.90 Å². The molecule has 2 rings (SSSR count). The molecule has 1 aromatic carbocycles. The highest BCUT2D eigenvalue weighted by Crippen LogP contribution is 2.23. The van der Waals surface area contributed by atoms with Crippen LogP contribution in [-0.2, 0) is 6.54 Å². The van der Waals surface area contributed by atoms with E-state index < -0.39 is 0 Å². The standard InChI is InChI=1S/C14H15BrN2OS/c1-9-4-3-5-11(13(9)16)14(18)17(2)7-10-6-12(15)19-8-10/h3-6,8H,7,16H2,1-2H3. The number of carbonyl (C=O) groups excluding carboxylic acids is 1. The number of halogens is 1. The summed E-state index contributed by atoms with van der Waals surface area (Å²) in [6.07, 6.45) is 0. The van der Waals surface area contributed by atoms with E-state index in [-0.39, 0.29) is 5.91 Å². The maximum absolute atomic E-state index is 12.4. The van der Waals surface area contributed by atoms with Crippen LogP contribution < -0.4 is 5.73 Å². The van der Waals surface area contributed by atoms with Crippen LogP contribution in [0.15, 0.2) is 33.4 Å². The number of amides is 1. The molecule has 100 valence electrons. The maximum Gasteiger partial charge on any atom is 0.255 e. The molecule has 19 heavy (non-hydrogen) atoms. The highest BCUT2D eigenvalue weighted by atomic mass is 79.9. The van der Waals surface area contributed by atoms with Gasteiger partial charge in [0, 0.05) is 19.3 Å². The zero-order valence-corrected chi connectivity index (χ0v) is 13.2. The van der Waals surface area contributed by atoms with Gasteiger partial charge in [-0.05, 0) is 51.5 Å². The molecule has 0 fully saturated rings. The van der Waals surface area contributed by atoms with Crippen molar-refractivity contribution in [3.8, 4) is 0 Å². The quantitative estimate of drug-likeness (QED) is 0.868. The third-order valence-corrected chi connectivity index (χ3v) is 4.50. The van der Waals surface area contributed by atoms with Gasteiger partial charge < -0.3 is 10.6 Å². The molecule has 0 aliphatic carbocycles. The molecule has 0 spiro atoms. The van der Waals surface area contributed by atoms with E-state index >= 15 is 0 Å². The maximum atomic E-state index is 12.4. The van der Waals surface area contributed by atoms with Gasteiger partial charge in [-0.1, -0.05) is 12.1 Å². The smallest absolute Gasteiger partial charge is 0.255 e. The van der Waals surface area contributed by atoms with Crippen LogP contribution in [0.25, 0.3) is 0 Å². The number of thiophene rings is 1. The first-order chi connectivity index (χ1) is 8.99. The topological polar surface area (TPSA) is 46.3 Å². The van der Waals surface area contributed by atoms with E-state index in [1.807, 2.05) is 30.5 Å². The van der Waals surface area contributed by atoms with Crippen molar-refractivity contribution in [1.29, 1.82) is 0 Å². The first-order valence-corrected chi connectivity index (χ1v) is 7.49. The zero-order chi connectivity index (χ0) is 14.0. The SMILES string of the molecule is Cc1cccc(C(=O)N(C)Cc2csc(Br)c2)c1N. The van der Waals surface area contributed by atoms with Crippen molar-refractivity contribution in [2.75, 3.05) is 12.8 Å². The normalized spacial score (nSPS) is 10.5. The lowest BCUT2D eigenvalue weighted by Gasteiger charge is -2.18. The summed E-state index contributed by atoms with van der Waals surface area (Å²) in [5.41, 5.74) is 9.13. The van der Waals surface area contributed by atoms with Crippen molar-refractivity contribution in [3.05, 3.63) is 50.1 Å². The highest BCUT2D eigenvalue weighted by molar-refractivity contribution is 9.11. The summed E-state index contributed by atoms with van der Waals surface area (Å²) in [5.74, 6) is -0.0523. The highest BCUT2D eigenvalue weighted by Gasteiger charge is 2.16. The van der Waals surface area contributed by atoms with Gasteiger partial charge in [-0.25, -0.2) is 0 Å². The van der Waals surface area contributed by atoms with Crippen LogP contribution in [0.2, 0.25) is 0 Å². The van der Waals surface area contributed by atoms with Gasteiger partial charge in [-0.2, -0.15) is 0 Å². The molecule has 1 heterocycles. The molecule has 1 amide bonds. The average molecular weight is 339 g/mol. The number of aryl methyl sites for hydroxylation is 1. The fourth-order valence-electron chi connectivity index (χ4n) is 1.85. The number of carbonyl (C=O) groups is 1. The molecule has 0 radical (unpaired) electrons. The Morgan fingerprint density at radius 1 is 1.47 bits per heavy atom. The van der Waals surface area contributed by atoms with Gasteiger partial charge in [0.2, 0.25) is 0 Å². The predicted molar refractivity (Wildman–Crippen MR) is 83.4 cm³/mol. The zero-order valence-electron chi connectivity index (χ0n) is 10.8. The summed E-state index contributed by atoms with van der Waals surface area (Å²) in [6, 6.07) is 7.55. The van der Waals surface area contributed by atoms with Gasteiger partial charge in [0.1, 0.15) is 0 Å². The van der Waals surface area contributed by atoms with Crippen LogP contribution in [0.5, 0.6) is 0 Å². The summed E-state index contributed by atoms with van der Waals surface area (Å²) >= 11 is 5.03. The number of nitrogens with two attached hydrogens (primary N) is 1. The molecule has 5 heteroatoms. The van der Waals surface area contributed by atoms with E-state index in [4.69, 9.17) is 5.73 Å². The lowest BCUT2D eigenvalue weighted by molar-refractivity contribution is 0.0786. The summed E-state index contributed by atoms with van der Waals surface area (Å²) in [4.78, 5) is 14.0. The van der Waals surface area contributed by atoms with Gasteiger partial charge in [0.25, 0.3) is 5.91 Å². The number of anilines is 1. The Bertz CT molecular complexity index is 609. The number of para-hydroxylation sites is 1. The van der Waals surface area contributed by atoms with Crippen LogP contribution >= 0.6 is 27.3 Å². The molecule has 0 aliphatic rings. The first kappa shape index (κ1) is 14.1. The van der Waals surface area contributed by atoms with Crippen LogP contribution in [-0.4, -0.2) is 17.9 Å². The Hall–Kier alpha value is -1.33. The molecule has 0 aliphatic heterocycles. The molecule has 2 aromatic rings. The largest absolute Gasteiger partial charge is 0.398 e. The van der Waals surface area contributed by atoms with Gasteiger partial charge >= 0.3 is 0 Å². The minimum absolute atomic E-state index is 0.0523. The molecular formula is C14H15BrN2OS. The third kappa shape index (κ3) is 3.16. The Labute approximate surface area is 125 Å². The number of rotatable bonds is 3. The number of hydrogen-bond acceptors (Lipinski definition) is 3. The van der Waals surface area contributed by atoms with Gasteiger partial charge in [-0.3, -0.25) is 4.79 Å². The molecule has 1 aromatic heterocycles. The second-order valence-corrected chi connectivity index (χ2v) is 6.75. The van der Waals surface area contributed by atoms with Crippen LogP contribution in [0, 0.1) is 6.92 Å². The molecule has 0 unspecified atom stereocenters. The molecule has 0 bridgehead atoms. The van der Waals surface area contributed by atoms with E-state index in [0.29, 0.717) is 17.8 Å². The van der Waals surface area contributed by atoms with Crippen molar-refractivity contribution in [2.24, 2.45) is 0 Å². The van der Waals surface area contributed by atoms with Crippen molar-refractivity contribution < 1.29 is 4.79 Å². The van der Waals surface area contributed by atoms with Gasteiger partial charge in [-0.15, -0.1) is 11.3 Å². The fourth-order valence-corrected chi connectivity index (χ4v) is 3.05. The van der Waals surface area contributed by atoms with E-state index in [1.165, 1.54) is 0 Å². The van der Waals surface area contributed by atoms with E-state index in [2.05, 4.69) is 15.9 Å². The Morgan fingerprint density at radius 3 is 2.84 bits per heavy atom. The van der Waals surface area contributed by atoms with E-state index in [1.54, 1.807) is 29.4 Å². The second-order valence-electron chi connectivity index (χ2n) is 4.46. The monoisotopic (exact) mass is 338 g/mol. The van der Waals surface area contributed by atoms with Gasteiger partial charge in [0.15, 0.2) is 0 Å². The Balaban J connectivity index is 2.17. The third-order valence-electron chi connectivity index (χ3n) is 2.94. The Morgan fingerprint density at radius 2 is 2.21 bits per heavy atom. The average Bonchev–Trinajstić information content (AvgIpc) is 2.77. The van der Waals surface area contributed by atoms with Crippen molar-refractivity contribution >= 4 is 38.9 Å². The molecular weight excluding hydrogens is 324 g/mol. The minimum atomic E-state index is -0.0523. The van der Waals surface area contributed by atoms with Crippen molar-refractivity contribution in [3.63, 3.8) is 0 Å². The summed E-state index contributed by atoms with van der Waals surface area (Å²) < 4.78 is 1.07. The summed E-state index contributed by atoms with van der Waals surface area (Å²) in [7, 11) is 1.79. The summed E-state index contributed by atoms with van der Waals surface area (Å²) in [5, 5.41) is 2.04. The second kappa shape index (κ2) is 5.75. The summed E-state index contributed by atoms with van der Waals surface area (Å²) in [6.45, 7) is 2.48. The van der Waals surface area contributed by atoms with Crippen LogP contribution in [0.4, 0.5) is 5.69 Å². The Kier molecular flexibility index (Phi) is 4.27. The van der Waals surface area contributed by atoms with Crippen molar-refractivity contribution in [2.45, 2.75) is 13.5 Å². The molecule has 0 saturated heterocycles. The van der Waals surface area contributed by atoms with E-state index in [0.717, 1.165) is 14.9 Å². The molecule has 2 N–H and O–H groups in total. The van der Waals surface area contributed by atoms with Crippen LogP contribution in [0.3, 0.4) is 0 Å². The number of benzene rings is 1. The fraction of sp³-hybridized carbons (Fsp3) is 0.214. The lowest BCUT2D eigenvalue weighted by atomic mass is 10.1. The number of nitrogen functional groups attached to an aromatic ring is 1. The number of nitrogens with zero attached hydrogens (tertiary/aromatic N) is 1. The lowest BCUT2D eigenvalue weighted by Crippen LogP contribution is -2.27. The molecule has 3 nitrogen and oxygen atoms in total.